The van der Waals surface area contributed by atoms with E-state index < -0.39 is 5.82 Å². The van der Waals surface area contributed by atoms with Crippen molar-refractivity contribution < 1.29 is 9.18 Å². The van der Waals surface area contributed by atoms with Gasteiger partial charge in [-0.1, -0.05) is 17.1 Å². The molecule has 0 aliphatic heterocycles. The van der Waals surface area contributed by atoms with Gasteiger partial charge in [0.1, 0.15) is 12.4 Å². The van der Waals surface area contributed by atoms with Crippen LogP contribution in [0.3, 0.4) is 0 Å². The molecule has 1 heterocycles. The van der Waals surface area contributed by atoms with Crippen molar-refractivity contribution in [2.45, 2.75) is 6.54 Å². The van der Waals surface area contributed by atoms with Crippen LogP contribution in [0.1, 0.15) is 5.56 Å². The van der Waals surface area contributed by atoms with E-state index in [0.717, 1.165) is 0 Å². The van der Waals surface area contributed by atoms with Crippen LogP contribution in [0.2, 0.25) is 0 Å². The van der Waals surface area contributed by atoms with Crippen molar-refractivity contribution in [3.05, 3.63) is 42.0 Å². The lowest BCUT2D eigenvalue weighted by molar-refractivity contribution is -0.116. The van der Waals surface area contributed by atoms with Gasteiger partial charge >= 0.3 is 0 Å². The Balaban J connectivity index is 2.14. The lowest BCUT2D eigenvalue weighted by atomic mass is 10.1. The standard InChI is InChI=1S/C13H12FN5O/c14-11-3-4-12(10(8-11)2-1-5-15)17-13(20)9-19-7-6-16-18-19/h3-4,6-8H,5,9,15H2,(H,17,20). The summed E-state index contributed by atoms with van der Waals surface area (Å²) in [4.78, 5) is 11.8. The molecule has 3 N–H and O–H groups in total. The first-order valence-corrected chi connectivity index (χ1v) is 5.81. The number of carbonyl (C=O) groups excluding carboxylic acids is 1. The normalized spacial score (nSPS) is 9.70. The van der Waals surface area contributed by atoms with Gasteiger partial charge in [-0.25, -0.2) is 9.07 Å². The summed E-state index contributed by atoms with van der Waals surface area (Å²) in [6.45, 7) is 0.171. The van der Waals surface area contributed by atoms with E-state index in [2.05, 4.69) is 27.5 Å². The highest BCUT2D eigenvalue weighted by molar-refractivity contribution is 5.92. The minimum atomic E-state index is -0.430. The van der Waals surface area contributed by atoms with Gasteiger partial charge < -0.3 is 11.1 Å². The second kappa shape index (κ2) is 6.45. The Morgan fingerprint density at radius 2 is 2.35 bits per heavy atom. The largest absolute Gasteiger partial charge is 0.323 e. The topological polar surface area (TPSA) is 85.8 Å². The summed E-state index contributed by atoms with van der Waals surface area (Å²) >= 11 is 0. The predicted molar refractivity (Wildman–Crippen MR) is 71.0 cm³/mol. The molecule has 2 aromatic rings. The Labute approximate surface area is 114 Å². The van der Waals surface area contributed by atoms with Crippen molar-refractivity contribution in [1.82, 2.24) is 15.0 Å². The lowest BCUT2D eigenvalue weighted by Crippen LogP contribution is -2.19. The fourth-order valence-corrected chi connectivity index (χ4v) is 1.53. The van der Waals surface area contributed by atoms with E-state index in [1.807, 2.05) is 0 Å². The molecule has 1 amide bonds. The number of anilines is 1. The zero-order chi connectivity index (χ0) is 14.4. The first-order valence-electron chi connectivity index (χ1n) is 5.81. The first-order chi connectivity index (χ1) is 9.69. The van der Waals surface area contributed by atoms with Gasteiger partial charge in [-0.3, -0.25) is 4.79 Å². The third-order valence-corrected chi connectivity index (χ3v) is 2.36. The van der Waals surface area contributed by atoms with Gasteiger partial charge in [-0.05, 0) is 18.2 Å². The van der Waals surface area contributed by atoms with Crippen molar-refractivity contribution in [2.24, 2.45) is 5.73 Å². The molecule has 0 unspecified atom stereocenters. The van der Waals surface area contributed by atoms with Crippen LogP contribution in [-0.4, -0.2) is 27.4 Å². The second-order valence-corrected chi connectivity index (χ2v) is 3.84. The number of aromatic nitrogens is 3. The Kier molecular flexibility index (Phi) is 4.42. The third-order valence-electron chi connectivity index (χ3n) is 2.36. The molecule has 0 spiro atoms. The number of hydrogen-bond donors (Lipinski definition) is 2. The number of carbonyl (C=O) groups is 1. The number of nitrogens with two attached hydrogens (primary N) is 1. The molecule has 0 bridgehead atoms. The molecule has 2 rings (SSSR count). The maximum atomic E-state index is 13.2. The molecule has 0 aliphatic rings. The van der Waals surface area contributed by atoms with E-state index in [-0.39, 0.29) is 19.0 Å². The van der Waals surface area contributed by atoms with Crippen LogP contribution >= 0.6 is 0 Å². The van der Waals surface area contributed by atoms with Gasteiger partial charge in [0, 0.05) is 6.20 Å². The minimum absolute atomic E-state index is 0.0150. The maximum absolute atomic E-state index is 13.2. The highest BCUT2D eigenvalue weighted by Gasteiger charge is 2.08. The number of amides is 1. The van der Waals surface area contributed by atoms with Crippen molar-refractivity contribution in [3.8, 4) is 11.8 Å². The Bertz CT molecular complexity index is 657. The number of hydrogen-bond acceptors (Lipinski definition) is 4. The summed E-state index contributed by atoms with van der Waals surface area (Å²) < 4.78 is 14.6. The molecule has 6 nitrogen and oxygen atoms in total. The van der Waals surface area contributed by atoms with Gasteiger partial charge in [-0.15, -0.1) is 5.10 Å². The Hall–Kier alpha value is -2.72. The van der Waals surface area contributed by atoms with Crippen LogP contribution in [0.15, 0.2) is 30.6 Å². The van der Waals surface area contributed by atoms with Gasteiger partial charge in [0.05, 0.1) is 24.0 Å². The minimum Gasteiger partial charge on any atom is -0.323 e. The molecule has 0 saturated carbocycles. The fraction of sp³-hybridized carbons (Fsp3) is 0.154. The summed E-state index contributed by atoms with van der Waals surface area (Å²) in [5.74, 6) is 4.60. The molecule has 1 aromatic heterocycles. The van der Waals surface area contributed by atoms with E-state index in [9.17, 15) is 9.18 Å². The first kappa shape index (κ1) is 13.7. The summed E-state index contributed by atoms with van der Waals surface area (Å²) in [7, 11) is 0. The molecule has 0 radical (unpaired) electrons. The quantitative estimate of drug-likeness (QED) is 0.791. The number of rotatable bonds is 3. The highest BCUT2D eigenvalue weighted by Crippen LogP contribution is 2.16. The average Bonchev–Trinajstić information content (AvgIpc) is 2.91. The van der Waals surface area contributed by atoms with Gasteiger partial charge in [0.15, 0.2) is 0 Å². The third kappa shape index (κ3) is 3.63. The van der Waals surface area contributed by atoms with Crippen LogP contribution < -0.4 is 11.1 Å². The molecule has 0 fully saturated rings. The van der Waals surface area contributed by atoms with E-state index >= 15 is 0 Å². The summed E-state index contributed by atoms with van der Waals surface area (Å²) in [5.41, 5.74) is 6.09. The Morgan fingerprint density at radius 3 is 3.05 bits per heavy atom. The van der Waals surface area contributed by atoms with E-state index in [1.165, 1.54) is 29.1 Å². The summed E-state index contributed by atoms with van der Waals surface area (Å²) in [5, 5.41) is 9.93. The maximum Gasteiger partial charge on any atom is 0.246 e. The fourth-order valence-electron chi connectivity index (χ4n) is 1.53. The van der Waals surface area contributed by atoms with Crippen LogP contribution in [-0.2, 0) is 11.3 Å². The molecule has 102 valence electrons. The molecule has 1 aromatic carbocycles. The van der Waals surface area contributed by atoms with Crippen LogP contribution in [0.25, 0.3) is 0 Å². The van der Waals surface area contributed by atoms with Crippen molar-refractivity contribution in [1.29, 1.82) is 0 Å². The van der Waals surface area contributed by atoms with Gasteiger partial charge in [0.25, 0.3) is 0 Å². The monoisotopic (exact) mass is 273 g/mol. The van der Waals surface area contributed by atoms with Crippen molar-refractivity contribution >= 4 is 11.6 Å². The number of nitrogens with zero attached hydrogens (tertiary/aromatic N) is 3. The Morgan fingerprint density at radius 1 is 1.50 bits per heavy atom. The number of nitrogens with one attached hydrogen (secondary N) is 1. The predicted octanol–water partition coefficient (Wildman–Crippen LogP) is 0.366. The van der Waals surface area contributed by atoms with Crippen molar-refractivity contribution in [2.75, 3.05) is 11.9 Å². The molecular weight excluding hydrogens is 261 g/mol. The van der Waals surface area contributed by atoms with E-state index in [1.54, 1.807) is 6.20 Å². The molecule has 0 atom stereocenters. The van der Waals surface area contributed by atoms with Gasteiger partial charge in [0.2, 0.25) is 5.91 Å². The average molecular weight is 273 g/mol. The summed E-state index contributed by atoms with van der Waals surface area (Å²) in [6, 6.07) is 3.95. The van der Waals surface area contributed by atoms with Crippen LogP contribution in [0.4, 0.5) is 10.1 Å². The molecule has 0 aliphatic carbocycles. The van der Waals surface area contributed by atoms with Crippen LogP contribution in [0.5, 0.6) is 0 Å². The number of benzene rings is 1. The molecule has 7 heteroatoms. The molecular formula is C13H12FN5O. The van der Waals surface area contributed by atoms with Crippen molar-refractivity contribution in [3.63, 3.8) is 0 Å². The van der Waals surface area contributed by atoms with E-state index in [4.69, 9.17) is 5.73 Å². The highest BCUT2D eigenvalue weighted by atomic mass is 19.1. The summed E-state index contributed by atoms with van der Waals surface area (Å²) in [6.07, 6.45) is 3.04. The van der Waals surface area contributed by atoms with Crippen LogP contribution in [0, 0.1) is 17.7 Å². The zero-order valence-electron chi connectivity index (χ0n) is 10.5. The second-order valence-electron chi connectivity index (χ2n) is 3.84. The lowest BCUT2D eigenvalue weighted by Gasteiger charge is -2.07. The van der Waals surface area contributed by atoms with E-state index in [0.29, 0.717) is 11.3 Å². The van der Waals surface area contributed by atoms with Gasteiger partial charge in [-0.2, -0.15) is 0 Å². The zero-order valence-corrected chi connectivity index (χ0v) is 10.5. The number of halogens is 1. The molecule has 0 saturated heterocycles. The smallest absolute Gasteiger partial charge is 0.246 e. The molecule has 20 heavy (non-hydrogen) atoms. The SMILES string of the molecule is NCC#Cc1cc(F)ccc1NC(=O)Cn1ccnn1.